The summed E-state index contributed by atoms with van der Waals surface area (Å²) in [6.45, 7) is 16.7. The van der Waals surface area contributed by atoms with Gasteiger partial charge in [-0.2, -0.15) is 0 Å². The van der Waals surface area contributed by atoms with E-state index in [-0.39, 0.29) is 56.6 Å². The zero-order chi connectivity index (χ0) is 38.8. The molecule has 50 heavy (non-hydrogen) atoms. The fraction of sp³-hybridized carbons (Fsp3) is 0.526. The maximum absolute atomic E-state index is 12.8. The van der Waals surface area contributed by atoms with Crippen molar-refractivity contribution in [2.75, 3.05) is 19.6 Å². The normalized spacial score (nSPS) is 12.6. The molecule has 3 amide bonds. The molecule has 0 aromatic rings. The van der Waals surface area contributed by atoms with Crippen LogP contribution in [-0.4, -0.2) is 70.0 Å². The molecule has 0 fully saturated rings. The summed E-state index contributed by atoms with van der Waals surface area (Å²) in [6, 6.07) is 0. The Balaban J connectivity index is 5.63. The first-order valence-corrected chi connectivity index (χ1v) is 16.6. The zero-order valence-corrected chi connectivity index (χ0v) is 31.4. The van der Waals surface area contributed by atoms with Crippen LogP contribution in [0.1, 0.15) is 108 Å². The Kier molecular flexibility index (Phi) is 20.0. The van der Waals surface area contributed by atoms with Gasteiger partial charge < -0.3 is 31.3 Å². The maximum atomic E-state index is 12.8. The molecule has 0 aliphatic rings. The van der Waals surface area contributed by atoms with E-state index in [4.69, 9.17) is 0 Å². The highest BCUT2D eigenvalue weighted by molar-refractivity contribution is 6.04. The number of ketones is 3. The summed E-state index contributed by atoms with van der Waals surface area (Å²) in [5.41, 5.74) is 2.40. The van der Waals surface area contributed by atoms with Gasteiger partial charge in [0.2, 0.25) is 35.1 Å². The van der Waals surface area contributed by atoms with Crippen LogP contribution in [-0.2, 0) is 28.8 Å². The van der Waals surface area contributed by atoms with Gasteiger partial charge in [0, 0.05) is 38.9 Å². The van der Waals surface area contributed by atoms with Crippen LogP contribution in [0.4, 0.5) is 0 Å². The lowest BCUT2D eigenvalue weighted by atomic mass is 9.77. The molecule has 0 radical (unpaired) electrons. The molecule has 0 bridgehead atoms. The van der Waals surface area contributed by atoms with E-state index >= 15 is 0 Å². The lowest BCUT2D eigenvalue weighted by Crippen LogP contribution is -2.32. The van der Waals surface area contributed by atoms with Gasteiger partial charge in [0.25, 0.3) is 0 Å². The van der Waals surface area contributed by atoms with Crippen molar-refractivity contribution >= 4 is 35.1 Å². The van der Waals surface area contributed by atoms with E-state index in [1.54, 1.807) is 41.5 Å². The van der Waals surface area contributed by atoms with Gasteiger partial charge >= 0.3 is 0 Å². The number of allylic oxidation sites excluding steroid dienone is 6. The summed E-state index contributed by atoms with van der Waals surface area (Å²) in [5, 5.41) is 38.6. The van der Waals surface area contributed by atoms with E-state index in [0.29, 0.717) is 36.0 Å². The predicted octanol–water partition coefficient (Wildman–Crippen LogP) is 5.78. The van der Waals surface area contributed by atoms with Gasteiger partial charge in [-0.25, -0.2) is 0 Å². The molecule has 0 aromatic heterocycles. The number of carbonyl (C=O) groups is 6. The minimum absolute atomic E-state index is 0.0415. The molecule has 0 aliphatic carbocycles. The Labute approximate surface area is 296 Å². The third kappa shape index (κ3) is 18.7. The lowest BCUT2D eigenvalue weighted by Gasteiger charge is -2.29. The SMILES string of the molecule is CC(C)=CC(=O)/C(O)=C(\C)CNC(=O)CCC(C)(CCC(=O)NC/C(C)=C(\O)C(=O)C=C(C)C)CCC(=O)NC/C(C)=C(\O)C(=O)C=C(C)C. The number of carbonyl (C=O) groups excluding carboxylic acids is 6. The Morgan fingerprint density at radius 3 is 0.880 bits per heavy atom. The summed E-state index contributed by atoms with van der Waals surface area (Å²) in [6.07, 6.45) is 4.93. The molecule has 0 spiro atoms. The van der Waals surface area contributed by atoms with Crippen LogP contribution in [0, 0.1) is 5.41 Å². The Hall–Kier alpha value is -4.74. The molecule has 0 rings (SSSR count). The van der Waals surface area contributed by atoms with Crippen LogP contribution < -0.4 is 16.0 Å². The fourth-order valence-corrected chi connectivity index (χ4v) is 4.45. The molecule has 0 unspecified atom stereocenters. The summed E-state index contributed by atoms with van der Waals surface area (Å²) in [7, 11) is 0. The van der Waals surface area contributed by atoms with Crippen LogP contribution in [0.25, 0.3) is 0 Å². The number of aliphatic hydroxyl groups excluding tert-OH is 3. The van der Waals surface area contributed by atoms with Crippen molar-refractivity contribution in [3.63, 3.8) is 0 Å². The lowest BCUT2D eigenvalue weighted by molar-refractivity contribution is -0.122. The Morgan fingerprint density at radius 2 is 0.680 bits per heavy atom. The molecule has 278 valence electrons. The summed E-state index contributed by atoms with van der Waals surface area (Å²) < 4.78 is 0. The molecular weight excluding hydrogens is 642 g/mol. The average molecular weight is 700 g/mol. The van der Waals surface area contributed by atoms with Crippen LogP contribution in [0.3, 0.4) is 0 Å². The second-order valence-corrected chi connectivity index (χ2v) is 13.8. The van der Waals surface area contributed by atoms with E-state index in [1.165, 1.54) is 39.0 Å². The van der Waals surface area contributed by atoms with Crippen molar-refractivity contribution in [3.8, 4) is 0 Å². The molecular formula is C38H57N3O9. The topological polar surface area (TPSA) is 199 Å². The molecule has 12 heteroatoms. The van der Waals surface area contributed by atoms with Crippen molar-refractivity contribution in [2.45, 2.75) is 108 Å². The monoisotopic (exact) mass is 699 g/mol. The van der Waals surface area contributed by atoms with Crippen LogP contribution >= 0.6 is 0 Å². The van der Waals surface area contributed by atoms with Gasteiger partial charge in [0.05, 0.1) is 0 Å². The maximum Gasteiger partial charge on any atom is 0.220 e. The standard InChI is InChI=1S/C38H57N3O9/c1-23(2)17-29(42)35(48)26(7)20-39-32(45)11-14-38(10,15-12-33(46)40-21-27(8)36(49)30(43)18-24(3)4)16-13-34(47)41-22-28(9)37(50)31(44)19-25(5)6/h17-19,48-50H,11-16,20-22H2,1-10H3,(H,39,45)(H,40,46)(H,41,47)/b35-26-,36-27-,37-28-. The van der Waals surface area contributed by atoms with Gasteiger partial charge in [-0.05, 0) is 122 Å². The van der Waals surface area contributed by atoms with Crippen molar-refractivity contribution in [2.24, 2.45) is 5.41 Å². The molecule has 0 atom stereocenters. The number of aliphatic hydroxyl groups is 3. The second kappa shape index (κ2) is 22.1. The van der Waals surface area contributed by atoms with Gasteiger partial charge in [-0.15, -0.1) is 0 Å². The highest BCUT2D eigenvalue weighted by Gasteiger charge is 2.27. The fourth-order valence-electron chi connectivity index (χ4n) is 4.45. The number of hydrogen-bond acceptors (Lipinski definition) is 9. The van der Waals surface area contributed by atoms with Gasteiger partial charge in [0.1, 0.15) is 0 Å². The van der Waals surface area contributed by atoms with E-state index in [0.717, 1.165) is 16.7 Å². The quantitative estimate of drug-likeness (QED) is 0.0635. The van der Waals surface area contributed by atoms with E-state index in [2.05, 4.69) is 16.0 Å². The van der Waals surface area contributed by atoms with Crippen LogP contribution in [0.15, 0.2) is 68.9 Å². The van der Waals surface area contributed by atoms with Gasteiger partial charge in [-0.3, -0.25) is 28.8 Å². The second-order valence-electron chi connectivity index (χ2n) is 13.8. The molecule has 12 nitrogen and oxygen atoms in total. The summed E-state index contributed by atoms with van der Waals surface area (Å²) in [5.74, 6) is -4.01. The molecule has 0 saturated carbocycles. The number of nitrogens with one attached hydrogen (secondary N) is 3. The summed E-state index contributed by atoms with van der Waals surface area (Å²) in [4.78, 5) is 74.6. The van der Waals surface area contributed by atoms with E-state index in [9.17, 15) is 44.1 Å². The van der Waals surface area contributed by atoms with Gasteiger partial charge in [-0.1, -0.05) is 23.6 Å². The van der Waals surface area contributed by atoms with E-state index in [1.807, 2.05) is 6.92 Å². The third-order valence-corrected chi connectivity index (χ3v) is 7.69. The highest BCUT2D eigenvalue weighted by atomic mass is 16.3. The minimum Gasteiger partial charge on any atom is -0.504 e. The predicted molar refractivity (Wildman–Crippen MR) is 194 cm³/mol. The molecule has 0 saturated heterocycles. The average Bonchev–Trinajstić information content (AvgIpc) is 3.03. The van der Waals surface area contributed by atoms with Crippen molar-refractivity contribution in [1.82, 2.24) is 16.0 Å². The zero-order valence-electron chi connectivity index (χ0n) is 31.4. The van der Waals surface area contributed by atoms with E-state index < -0.39 is 40.0 Å². The largest absolute Gasteiger partial charge is 0.504 e. The smallest absolute Gasteiger partial charge is 0.220 e. The number of rotatable bonds is 21. The number of amides is 3. The first kappa shape index (κ1) is 45.3. The minimum atomic E-state index is -0.655. The van der Waals surface area contributed by atoms with Crippen molar-refractivity contribution in [1.29, 1.82) is 0 Å². The Bertz CT molecular complexity index is 1300. The van der Waals surface area contributed by atoms with Crippen molar-refractivity contribution < 1.29 is 44.1 Å². The highest BCUT2D eigenvalue weighted by Crippen LogP contribution is 2.34. The number of hydrogen-bond donors (Lipinski definition) is 6. The Morgan fingerprint density at radius 1 is 0.460 bits per heavy atom. The van der Waals surface area contributed by atoms with Gasteiger partial charge in [0.15, 0.2) is 17.3 Å². The third-order valence-electron chi connectivity index (χ3n) is 7.69. The molecule has 0 heterocycles. The molecule has 0 aliphatic heterocycles. The molecule has 6 N–H and O–H groups in total. The van der Waals surface area contributed by atoms with Crippen molar-refractivity contribution in [3.05, 3.63) is 68.9 Å². The summed E-state index contributed by atoms with van der Waals surface area (Å²) >= 11 is 0. The molecule has 0 aromatic carbocycles. The first-order chi connectivity index (χ1) is 23.1. The van der Waals surface area contributed by atoms with Crippen LogP contribution in [0.5, 0.6) is 0 Å². The van der Waals surface area contributed by atoms with Crippen LogP contribution in [0.2, 0.25) is 0 Å². The first-order valence-electron chi connectivity index (χ1n) is 16.6.